The van der Waals surface area contributed by atoms with Crippen LogP contribution in [0.3, 0.4) is 0 Å². The van der Waals surface area contributed by atoms with Crippen molar-refractivity contribution < 1.29 is 13.2 Å². The highest BCUT2D eigenvalue weighted by Gasteiger charge is 2.29. The number of piperidine rings is 1. The van der Waals surface area contributed by atoms with Gasteiger partial charge in [0.2, 0.25) is 15.9 Å². The summed E-state index contributed by atoms with van der Waals surface area (Å²) in [4.78, 5) is 14.7. The van der Waals surface area contributed by atoms with Crippen molar-refractivity contribution >= 4 is 33.4 Å². The molecule has 1 aromatic heterocycles. The number of likely N-dealkylation sites (tertiary alicyclic amines) is 1. The van der Waals surface area contributed by atoms with Crippen LogP contribution in [0.2, 0.25) is 0 Å². The number of benzene rings is 1. The molecule has 0 aliphatic carbocycles. The number of para-hydroxylation sites is 1. The summed E-state index contributed by atoms with van der Waals surface area (Å²) in [7, 11) is -1.70. The average Bonchev–Trinajstić information content (AvgIpc) is 3.03. The SMILES string of the molecule is CC1CCCC(C)N1C(=O)CSc1nnc(CN(c2ccccc2)S(C)(=O)=O)n1C. The van der Waals surface area contributed by atoms with Gasteiger partial charge in [-0.2, -0.15) is 0 Å². The van der Waals surface area contributed by atoms with Gasteiger partial charge >= 0.3 is 0 Å². The van der Waals surface area contributed by atoms with Crippen LogP contribution < -0.4 is 4.31 Å². The fraction of sp³-hybridized carbons (Fsp3) is 0.550. The van der Waals surface area contributed by atoms with Crippen molar-refractivity contribution in [1.29, 1.82) is 0 Å². The van der Waals surface area contributed by atoms with Crippen LogP contribution in [-0.4, -0.2) is 58.1 Å². The molecule has 2 atom stereocenters. The maximum Gasteiger partial charge on any atom is 0.233 e. The fourth-order valence-electron chi connectivity index (χ4n) is 3.84. The molecular weight excluding hydrogens is 422 g/mol. The first-order valence-electron chi connectivity index (χ1n) is 10.0. The molecule has 2 aromatic rings. The zero-order valence-corrected chi connectivity index (χ0v) is 19.5. The van der Waals surface area contributed by atoms with Gasteiger partial charge in [0.25, 0.3) is 0 Å². The van der Waals surface area contributed by atoms with E-state index in [1.54, 1.807) is 35.9 Å². The number of sulfonamides is 1. The van der Waals surface area contributed by atoms with Gasteiger partial charge in [0.05, 0.1) is 24.2 Å². The number of thioether (sulfide) groups is 1. The molecule has 0 spiro atoms. The number of aromatic nitrogens is 3. The maximum absolute atomic E-state index is 12.8. The molecule has 30 heavy (non-hydrogen) atoms. The first kappa shape index (κ1) is 22.6. The summed E-state index contributed by atoms with van der Waals surface area (Å²) in [6.45, 7) is 4.27. The summed E-state index contributed by atoms with van der Waals surface area (Å²) in [6, 6.07) is 9.41. The van der Waals surface area contributed by atoms with Gasteiger partial charge in [-0.3, -0.25) is 9.10 Å². The molecule has 1 aromatic carbocycles. The van der Waals surface area contributed by atoms with E-state index in [1.807, 2.05) is 11.0 Å². The Morgan fingerprint density at radius 3 is 2.40 bits per heavy atom. The van der Waals surface area contributed by atoms with E-state index in [9.17, 15) is 13.2 Å². The van der Waals surface area contributed by atoms with Gasteiger partial charge in [-0.1, -0.05) is 30.0 Å². The topological polar surface area (TPSA) is 88.4 Å². The van der Waals surface area contributed by atoms with Crippen LogP contribution >= 0.6 is 11.8 Å². The number of amides is 1. The Morgan fingerprint density at radius 2 is 1.80 bits per heavy atom. The minimum Gasteiger partial charge on any atom is -0.337 e. The largest absolute Gasteiger partial charge is 0.337 e. The molecule has 3 rings (SSSR count). The van der Waals surface area contributed by atoms with Crippen LogP contribution in [0.5, 0.6) is 0 Å². The molecule has 1 aliphatic rings. The molecular formula is C20H29N5O3S2. The van der Waals surface area contributed by atoms with Gasteiger partial charge in [-0.15, -0.1) is 10.2 Å². The fourth-order valence-corrected chi connectivity index (χ4v) is 5.50. The Balaban J connectivity index is 1.70. The van der Waals surface area contributed by atoms with Crippen molar-refractivity contribution in [3.63, 3.8) is 0 Å². The highest BCUT2D eigenvalue weighted by molar-refractivity contribution is 7.99. The van der Waals surface area contributed by atoms with Crippen LogP contribution in [0, 0.1) is 0 Å². The lowest BCUT2D eigenvalue weighted by atomic mass is 9.98. The molecule has 0 saturated carbocycles. The first-order chi connectivity index (χ1) is 14.2. The number of rotatable bonds is 7. The number of nitrogens with zero attached hydrogens (tertiary/aromatic N) is 5. The van der Waals surface area contributed by atoms with E-state index >= 15 is 0 Å². The van der Waals surface area contributed by atoms with Crippen LogP contribution in [0.15, 0.2) is 35.5 Å². The Kier molecular flexibility index (Phi) is 7.07. The highest BCUT2D eigenvalue weighted by atomic mass is 32.2. The molecule has 0 radical (unpaired) electrons. The Hall–Kier alpha value is -2.07. The predicted octanol–water partition coefficient (Wildman–Crippen LogP) is 2.66. The van der Waals surface area contributed by atoms with E-state index < -0.39 is 10.0 Å². The molecule has 8 nitrogen and oxygen atoms in total. The van der Waals surface area contributed by atoms with Crippen molar-refractivity contribution in [1.82, 2.24) is 19.7 Å². The zero-order valence-electron chi connectivity index (χ0n) is 17.9. The molecule has 1 amide bonds. The Morgan fingerprint density at radius 1 is 1.17 bits per heavy atom. The quantitative estimate of drug-likeness (QED) is 0.602. The molecule has 2 heterocycles. The highest BCUT2D eigenvalue weighted by Crippen LogP contribution is 2.25. The van der Waals surface area contributed by atoms with Gasteiger partial charge < -0.3 is 9.47 Å². The standard InChI is InChI=1S/C20H29N5O3S2/c1-15-9-8-10-16(2)25(15)19(26)14-29-20-22-21-18(23(20)3)13-24(30(4,27)28)17-11-6-5-7-12-17/h5-7,11-12,15-16H,8-10,13-14H2,1-4H3. The first-order valence-corrected chi connectivity index (χ1v) is 12.9. The van der Waals surface area contributed by atoms with Crippen molar-refractivity contribution in [3.05, 3.63) is 36.2 Å². The average molecular weight is 452 g/mol. The van der Waals surface area contributed by atoms with Gasteiger partial charge in [0.1, 0.15) is 0 Å². The van der Waals surface area contributed by atoms with Crippen LogP contribution in [0.4, 0.5) is 5.69 Å². The van der Waals surface area contributed by atoms with Crippen molar-refractivity contribution in [2.24, 2.45) is 7.05 Å². The molecule has 164 valence electrons. The minimum atomic E-state index is -3.49. The summed E-state index contributed by atoms with van der Waals surface area (Å²) in [5.74, 6) is 0.903. The van der Waals surface area contributed by atoms with E-state index in [0.717, 1.165) is 19.3 Å². The summed E-state index contributed by atoms with van der Waals surface area (Å²) in [5, 5.41) is 8.95. The second-order valence-corrected chi connectivity index (χ2v) is 10.6. The van der Waals surface area contributed by atoms with E-state index in [4.69, 9.17) is 0 Å². The molecule has 2 unspecified atom stereocenters. The lowest BCUT2D eigenvalue weighted by molar-refractivity contribution is -0.134. The van der Waals surface area contributed by atoms with Crippen molar-refractivity contribution in [2.45, 2.75) is 56.9 Å². The Bertz CT molecular complexity index is 968. The minimum absolute atomic E-state index is 0.0705. The number of carbonyl (C=O) groups is 1. The zero-order chi connectivity index (χ0) is 21.9. The van der Waals surface area contributed by atoms with E-state index in [1.165, 1.54) is 22.3 Å². The molecule has 1 fully saturated rings. The molecule has 0 bridgehead atoms. The third kappa shape index (κ3) is 5.15. The van der Waals surface area contributed by atoms with E-state index in [-0.39, 0.29) is 30.3 Å². The summed E-state index contributed by atoms with van der Waals surface area (Å²) in [5.41, 5.74) is 0.570. The van der Waals surface area contributed by atoms with Crippen LogP contribution in [-0.2, 0) is 28.4 Å². The van der Waals surface area contributed by atoms with Crippen LogP contribution in [0.25, 0.3) is 0 Å². The number of anilines is 1. The van der Waals surface area contributed by atoms with Crippen LogP contribution in [0.1, 0.15) is 38.9 Å². The smallest absolute Gasteiger partial charge is 0.233 e. The number of hydrogen-bond acceptors (Lipinski definition) is 6. The van der Waals surface area contributed by atoms with E-state index in [2.05, 4.69) is 24.0 Å². The van der Waals surface area contributed by atoms with Gasteiger partial charge in [0.15, 0.2) is 11.0 Å². The maximum atomic E-state index is 12.8. The monoisotopic (exact) mass is 451 g/mol. The molecule has 1 aliphatic heterocycles. The van der Waals surface area contributed by atoms with Gasteiger partial charge in [-0.25, -0.2) is 8.42 Å². The summed E-state index contributed by atoms with van der Waals surface area (Å²) < 4.78 is 27.7. The van der Waals surface area contributed by atoms with Gasteiger partial charge in [-0.05, 0) is 45.2 Å². The Labute approximate surface area is 182 Å². The lowest BCUT2D eigenvalue weighted by Gasteiger charge is -2.39. The molecule has 10 heteroatoms. The second kappa shape index (κ2) is 9.38. The molecule has 0 N–H and O–H groups in total. The second-order valence-electron chi connectivity index (χ2n) is 7.78. The normalized spacial score (nSPS) is 19.7. The number of hydrogen-bond donors (Lipinski definition) is 0. The number of carbonyl (C=O) groups excluding carboxylic acids is 1. The summed E-state index contributed by atoms with van der Waals surface area (Å²) >= 11 is 1.33. The third-order valence-electron chi connectivity index (χ3n) is 5.46. The molecule has 1 saturated heterocycles. The van der Waals surface area contributed by atoms with E-state index in [0.29, 0.717) is 16.7 Å². The van der Waals surface area contributed by atoms with Crippen molar-refractivity contribution in [2.75, 3.05) is 16.3 Å². The predicted molar refractivity (Wildman–Crippen MR) is 119 cm³/mol. The van der Waals surface area contributed by atoms with Crippen molar-refractivity contribution in [3.8, 4) is 0 Å². The lowest BCUT2D eigenvalue weighted by Crippen LogP contribution is -2.48. The third-order valence-corrected chi connectivity index (χ3v) is 7.61. The summed E-state index contributed by atoms with van der Waals surface area (Å²) in [6.07, 6.45) is 4.40. The van der Waals surface area contributed by atoms with Gasteiger partial charge in [0, 0.05) is 19.1 Å².